The molecule has 1 aliphatic heterocycles. The summed E-state index contributed by atoms with van der Waals surface area (Å²) >= 11 is 0. The molecule has 0 aromatic carbocycles. The van der Waals surface area contributed by atoms with E-state index in [0.29, 0.717) is 18.4 Å². The van der Waals surface area contributed by atoms with Crippen LogP contribution in [0.25, 0.3) is 0 Å². The molecule has 1 aromatic rings. The summed E-state index contributed by atoms with van der Waals surface area (Å²) < 4.78 is 27.2. The lowest BCUT2D eigenvalue weighted by atomic mass is 10.2. The maximum Gasteiger partial charge on any atom is 0.322 e. The van der Waals surface area contributed by atoms with E-state index in [1.54, 1.807) is 6.92 Å². The second-order valence-electron chi connectivity index (χ2n) is 4.37. The maximum absolute atomic E-state index is 12.5. The van der Waals surface area contributed by atoms with Gasteiger partial charge in [-0.1, -0.05) is 0 Å². The predicted molar refractivity (Wildman–Crippen MR) is 62.5 cm³/mol. The molecule has 1 N–H and O–H groups in total. The Balaban J connectivity index is 2.46. The van der Waals surface area contributed by atoms with Crippen LogP contribution in [-0.4, -0.2) is 46.2 Å². The molecular formula is C10H15N3O4S. The lowest BCUT2D eigenvalue weighted by Gasteiger charge is -2.21. The van der Waals surface area contributed by atoms with Crippen molar-refractivity contribution in [2.75, 3.05) is 6.54 Å². The largest absolute Gasteiger partial charge is 0.480 e. The minimum absolute atomic E-state index is 0.0654. The fraction of sp³-hybridized carbons (Fsp3) is 0.600. The molecule has 1 saturated heterocycles. The number of sulfonamides is 1. The molecule has 0 radical (unpaired) electrons. The van der Waals surface area contributed by atoms with Crippen molar-refractivity contribution in [1.82, 2.24) is 14.1 Å². The second-order valence-corrected chi connectivity index (χ2v) is 6.17. The second kappa shape index (κ2) is 4.36. The number of aliphatic carboxylic acids is 1. The zero-order valence-electron chi connectivity index (χ0n) is 10.2. The number of hydrogen-bond acceptors (Lipinski definition) is 4. The molecule has 0 amide bonds. The monoisotopic (exact) mass is 273 g/mol. The van der Waals surface area contributed by atoms with Gasteiger partial charge < -0.3 is 5.11 Å². The Labute approximate surface area is 105 Å². The van der Waals surface area contributed by atoms with E-state index in [1.807, 2.05) is 0 Å². The highest BCUT2D eigenvalue weighted by Crippen LogP contribution is 2.27. The normalized spacial score (nSPS) is 21.3. The van der Waals surface area contributed by atoms with Crippen molar-refractivity contribution in [3.05, 3.63) is 11.8 Å². The molecule has 0 bridgehead atoms. The molecule has 1 atom stereocenters. The molecule has 2 rings (SSSR count). The Morgan fingerprint density at radius 1 is 1.56 bits per heavy atom. The third-order valence-corrected chi connectivity index (χ3v) is 5.23. The van der Waals surface area contributed by atoms with Gasteiger partial charge in [0.1, 0.15) is 6.04 Å². The summed E-state index contributed by atoms with van der Waals surface area (Å²) in [6.07, 6.45) is 2.37. The number of rotatable bonds is 3. The molecule has 0 saturated carbocycles. The van der Waals surface area contributed by atoms with Gasteiger partial charge >= 0.3 is 5.97 Å². The van der Waals surface area contributed by atoms with Crippen LogP contribution < -0.4 is 0 Å². The highest BCUT2D eigenvalue weighted by Gasteiger charge is 2.41. The van der Waals surface area contributed by atoms with E-state index in [9.17, 15) is 13.2 Å². The number of hydrogen-bond donors (Lipinski definition) is 1. The van der Waals surface area contributed by atoms with Gasteiger partial charge in [0, 0.05) is 19.2 Å². The minimum atomic E-state index is -3.80. The van der Waals surface area contributed by atoms with Crippen molar-refractivity contribution in [2.24, 2.45) is 7.05 Å². The van der Waals surface area contributed by atoms with E-state index < -0.39 is 22.0 Å². The van der Waals surface area contributed by atoms with Crippen LogP contribution in [0.15, 0.2) is 11.2 Å². The van der Waals surface area contributed by atoms with Crippen molar-refractivity contribution < 1.29 is 18.3 Å². The van der Waals surface area contributed by atoms with Crippen molar-refractivity contribution >= 4 is 16.0 Å². The van der Waals surface area contributed by atoms with E-state index in [2.05, 4.69) is 5.10 Å². The number of aromatic nitrogens is 2. The fourth-order valence-corrected chi connectivity index (χ4v) is 4.26. The summed E-state index contributed by atoms with van der Waals surface area (Å²) in [4.78, 5) is 11.1. The highest BCUT2D eigenvalue weighted by molar-refractivity contribution is 7.89. The van der Waals surface area contributed by atoms with Gasteiger partial charge in [-0.25, -0.2) is 8.42 Å². The van der Waals surface area contributed by atoms with Crippen LogP contribution in [-0.2, 0) is 21.9 Å². The predicted octanol–water partition coefficient (Wildman–Crippen LogP) is -0.0338. The summed E-state index contributed by atoms with van der Waals surface area (Å²) in [5, 5.41) is 13.0. The summed E-state index contributed by atoms with van der Waals surface area (Å²) in [6, 6.07) is -0.968. The van der Waals surface area contributed by atoms with E-state index in [-0.39, 0.29) is 11.6 Å². The van der Waals surface area contributed by atoms with Gasteiger partial charge in [0.05, 0.1) is 6.20 Å². The lowest BCUT2D eigenvalue weighted by molar-refractivity contribution is -0.140. The first kappa shape index (κ1) is 13.0. The molecule has 1 aliphatic rings. The van der Waals surface area contributed by atoms with Crippen LogP contribution in [0.4, 0.5) is 0 Å². The van der Waals surface area contributed by atoms with Gasteiger partial charge in [-0.3, -0.25) is 9.48 Å². The van der Waals surface area contributed by atoms with Crippen molar-refractivity contribution in [1.29, 1.82) is 0 Å². The molecule has 1 aromatic heterocycles. The number of nitrogens with zero attached hydrogens (tertiary/aromatic N) is 3. The smallest absolute Gasteiger partial charge is 0.322 e. The molecule has 8 heteroatoms. The third-order valence-electron chi connectivity index (χ3n) is 3.10. The molecule has 1 fully saturated rings. The maximum atomic E-state index is 12.5. The number of carboxylic acids is 1. The first-order chi connectivity index (χ1) is 8.35. The molecule has 0 aliphatic carbocycles. The van der Waals surface area contributed by atoms with Crippen LogP contribution in [0.2, 0.25) is 0 Å². The molecule has 18 heavy (non-hydrogen) atoms. The average Bonchev–Trinajstić information content (AvgIpc) is 2.85. The zero-order valence-corrected chi connectivity index (χ0v) is 11.0. The summed E-state index contributed by atoms with van der Waals surface area (Å²) in [6.45, 7) is 1.88. The van der Waals surface area contributed by atoms with Crippen LogP contribution in [0, 0.1) is 6.92 Å². The molecular weight excluding hydrogens is 258 g/mol. The van der Waals surface area contributed by atoms with Crippen molar-refractivity contribution in [3.8, 4) is 0 Å². The Morgan fingerprint density at radius 3 is 2.72 bits per heavy atom. The van der Waals surface area contributed by atoms with Gasteiger partial charge in [-0.15, -0.1) is 0 Å². The van der Waals surface area contributed by atoms with Crippen molar-refractivity contribution in [3.63, 3.8) is 0 Å². The standard InChI is InChI=1S/C10H15N3O4S/c1-7-6-11-12(2)9(7)18(16,17)13-5-3-4-8(13)10(14)15/h6,8H,3-5H2,1-2H3,(H,14,15)/t8-/m0/s1. The van der Waals surface area contributed by atoms with E-state index in [0.717, 1.165) is 4.31 Å². The summed E-state index contributed by atoms with van der Waals surface area (Å²) in [5.74, 6) is -1.10. The number of carbonyl (C=O) groups is 1. The fourth-order valence-electron chi connectivity index (χ4n) is 2.29. The number of aryl methyl sites for hydroxylation is 2. The Kier molecular flexibility index (Phi) is 3.16. The van der Waals surface area contributed by atoms with E-state index in [4.69, 9.17) is 5.11 Å². The van der Waals surface area contributed by atoms with Gasteiger partial charge in [0.2, 0.25) is 0 Å². The van der Waals surface area contributed by atoms with Crippen LogP contribution in [0.1, 0.15) is 18.4 Å². The van der Waals surface area contributed by atoms with Crippen molar-refractivity contribution in [2.45, 2.75) is 30.8 Å². The Morgan fingerprint density at radius 2 is 2.22 bits per heavy atom. The van der Waals surface area contributed by atoms with Gasteiger partial charge in [-0.05, 0) is 19.8 Å². The topological polar surface area (TPSA) is 92.5 Å². The molecule has 100 valence electrons. The summed E-state index contributed by atoms with van der Waals surface area (Å²) in [5.41, 5.74) is 0.522. The summed E-state index contributed by atoms with van der Waals surface area (Å²) in [7, 11) is -2.26. The Bertz CT molecular complexity index is 558. The van der Waals surface area contributed by atoms with Crippen LogP contribution in [0.3, 0.4) is 0 Å². The lowest BCUT2D eigenvalue weighted by Crippen LogP contribution is -2.41. The highest BCUT2D eigenvalue weighted by atomic mass is 32.2. The van der Waals surface area contributed by atoms with Gasteiger partial charge in [0.25, 0.3) is 10.0 Å². The van der Waals surface area contributed by atoms with Crippen LogP contribution in [0.5, 0.6) is 0 Å². The molecule has 0 unspecified atom stereocenters. The van der Waals surface area contributed by atoms with Gasteiger partial charge in [0.15, 0.2) is 5.03 Å². The molecule has 0 spiro atoms. The Hall–Kier alpha value is -1.41. The SMILES string of the molecule is Cc1cnn(C)c1S(=O)(=O)N1CCC[C@H]1C(=O)O. The molecule has 7 nitrogen and oxygen atoms in total. The first-order valence-corrected chi connectivity index (χ1v) is 7.03. The third kappa shape index (κ3) is 1.91. The minimum Gasteiger partial charge on any atom is -0.480 e. The average molecular weight is 273 g/mol. The zero-order chi connectivity index (χ0) is 13.5. The van der Waals surface area contributed by atoms with Crippen LogP contribution >= 0.6 is 0 Å². The molecule has 2 heterocycles. The van der Waals surface area contributed by atoms with Gasteiger partial charge in [-0.2, -0.15) is 9.40 Å². The quantitative estimate of drug-likeness (QED) is 0.834. The van der Waals surface area contributed by atoms with E-state index in [1.165, 1.54) is 17.9 Å². The van der Waals surface area contributed by atoms with E-state index >= 15 is 0 Å². The number of carboxylic acid groups (broad SMARTS) is 1. The first-order valence-electron chi connectivity index (χ1n) is 5.59.